The minimum absolute atomic E-state index is 0.00677. The number of amides is 1. The summed E-state index contributed by atoms with van der Waals surface area (Å²) in [6, 6.07) is 5.10. The number of hydrogen-bond donors (Lipinski definition) is 0. The van der Waals surface area contributed by atoms with Gasteiger partial charge in [-0.1, -0.05) is 5.16 Å². The monoisotopic (exact) mass is 333 g/mol. The van der Waals surface area contributed by atoms with Gasteiger partial charge in [0.2, 0.25) is 0 Å². The van der Waals surface area contributed by atoms with Gasteiger partial charge in [0, 0.05) is 30.8 Å². The minimum atomic E-state index is -0.762. The number of hydrogen-bond acceptors (Lipinski definition) is 7. The van der Waals surface area contributed by atoms with Crippen molar-refractivity contribution in [1.29, 1.82) is 0 Å². The van der Waals surface area contributed by atoms with Crippen LogP contribution in [0.4, 0.5) is 5.69 Å². The van der Waals surface area contributed by atoms with Crippen molar-refractivity contribution in [2.75, 3.05) is 14.2 Å². The van der Waals surface area contributed by atoms with E-state index in [0.717, 1.165) is 19.2 Å². The fourth-order valence-electron chi connectivity index (χ4n) is 2.10. The summed E-state index contributed by atoms with van der Waals surface area (Å²) in [5.41, 5.74) is 0.113. The smallest absolute Gasteiger partial charge is 0.338 e. The number of methoxy groups -OCH3 is 1. The molecule has 0 aliphatic rings. The lowest BCUT2D eigenvalue weighted by Gasteiger charge is -2.16. The first-order valence-corrected chi connectivity index (χ1v) is 6.87. The molecule has 1 aromatic carbocycles. The summed E-state index contributed by atoms with van der Waals surface area (Å²) >= 11 is 0. The predicted octanol–water partition coefficient (Wildman–Crippen LogP) is 1.95. The minimum Gasteiger partial charge on any atom is -0.465 e. The number of non-ortho nitro benzene ring substituents is 1. The van der Waals surface area contributed by atoms with E-state index in [0.29, 0.717) is 11.5 Å². The molecule has 0 N–H and O–H groups in total. The largest absolute Gasteiger partial charge is 0.465 e. The first-order chi connectivity index (χ1) is 11.3. The van der Waals surface area contributed by atoms with Crippen LogP contribution < -0.4 is 0 Å². The van der Waals surface area contributed by atoms with E-state index < -0.39 is 16.8 Å². The number of carbonyl (C=O) groups is 2. The van der Waals surface area contributed by atoms with Crippen LogP contribution in [0.15, 0.2) is 28.8 Å². The topological polar surface area (TPSA) is 116 Å². The van der Waals surface area contributed by atoms with E-state index in [-0.39, 0.29) is 23.4 Å². The molecule has 0 saturated carbocycles. The van der Waals surface area contributed by atoms with Gasteiger partial charge in [-0.15, -0.1) is 0 Å². The van der Waals surface area contributed by atoms with Crippen LogP contribution >= 0.6 is 0 Å². The first-order valence-electron chi connectivity index (χ1n) is 6.87. The third-order valence-corrected chi connectivity index (χ3v) is 3.22. The van der Waals surface area contributed by atoms with Gasteiger partial charge in [0.1, 0.15) is 11.5 Å². The molecule has 2 rings (SSSR count). The molecule has 24 heavy (non-hydrogen) atoms. The Morgan fingerprint density at radius 2 is 1.96 bits per heavy atom. The molecule has 0 fully saturated rings. The SMILES string of the molecule is COC(=O)c1cc(C(=O)N(C)Cc2cc(C)on2)cc([N+](=O)[O-])c1. The van der Waals surface area contributed by atoms with Crippen molar-refractivity contribution in [3.8, 4) is 0 Å². The average Bonchev–Trinajstić information content (AvgIpc) is 2.97. The van der Waals surface area contributed by atoms with Gasteiger partial charge in [0.15, 0.2) is 0 Å². The number of aryl methyl sites for hydroxylation is 1. The maximum Gasteiger partial charge on any atom is 0.338 e. The molecule has 0 bridgehead atoms. The predicted molar refractivity (Wildman–Crippen MR) is 81.5 cm³/mol. The fourth-order valence-corrected chi connectivity index (χ4v) is 2.10. The van der Waals surface area contributed by atoms with Gasteiger partial charge < -0.3 is 14.2 Å². The lowest BCUT2D eigenvalue weighted by atomic mass is 10.1. The Morgan fingerprint density at radius 1 is 1.29 bits per heavy atom. The summed E-state index contributed by atoms with van der Waals surface area (Å²) in [7, 11) is 2.67. The summed E-state index contributed by atoms with van der Waals surface area (Å²) in [4.78, 5) is 35.8. The third kappa shape index (κ3) is 3.75. The van der Waals surface area contributed by atoms with E-state index in [1.165, 1.54) is 18.0 Å². The maximum absolute atomic E-state index is 12.5. The van der Waals surface area contributed by atoms with Gasteiger partial charge in [-0.25, -0.2) is 4.79 Å². The van der Waals surface area contributed by atoms with Crippen LogP contribution in [0.2, 0.25) is 0 Å². The molecule has 0 saturated heterocycles. The summed E-state index contributed by atoms with van der Waals surface area (Å²) in [5.74, 6) is -0.652. The normalized spacial score (nSPS) is 10.3. The fraction of sp³-hybridized carbons (Fsp3) is 0.267. The Morgan fingerprint density at radius 3 is 2.50 bits per heavy atom. The Kier molecular flexibility index (Phi) is 4.93. The van der Waals surface area contributed by atoms with Crippen LogP contribution in [0, 0.1) is 17.0 Å². The number of esters is 1. The number of benzene rings is 1. The summed E-state index contributed by atoms with van der Waals surface area (Å²) in [6.07, 6.45) is 0. The van der Waals surface area contributed by atoms with E-state index in [9.17, 15) is 19.7 Å². The van der Waals surface area contributed by atoms with Crippen LogP contribution in [-0.4, -0.2) is 41.0 Å². The van der Waals surface area contributed by atoms with Crippen molar-refractivity contribution in [2.45, 2.75) is 13.5 Å². The van der Waals surface area contributed by atoms with Crippen molar-refractivity contribution in [3.63, 3.8) is 0 Å². The van der Waals surface area contributed by atoms with Crippen molar-refractivity contribution in [2.24, 2.45) is 0 Å². The van der Waals surface area contributed by atoms with Crippen molar-refractivity contribution in [1.82, 2.24) is 10.1 Å². The molecule has 0 unspecified atom stereocenters. The molecular weight excluding hydrogens is 318 g/mol. The molecule has 9 heteroatoms. The average molecular weight is 333 g/mol. The highest BCUT2D eigenvalue weighted by Crippen LogP contribution is 2.20. The first kappa shape index (κ1) is 17.1. The van der Waals surface area contributed by atoms with Gasteiger partial charge >= 0.3 is 5.97 Å². The standard InChI is InChI=1S/C15H15N3O6/c1-9-4-12(16-24-9)8-17(2)14(19)10-5-11(15(20)23-3)7-13(6-10)18(21)22/h4-7H,8H2,1-3H3. The summed E-state index contributed by atoms with van der Waals surface area (Å²) in [6.45, 7) is 1.88. The van der Waals surface area contributed by atoms with Gasteiger partial charge in [0.05, 0.1) is 24.1 Å². The molecule has 0 radical (unpaired) electrons. The van der Waals surface area contributed by atoms with Crippen LogP contribution in [0.5, 0.6) is 0 Å². The maximum atomic E-state index is 12.5. The van der Waals surface area contributed by atoms with E-state index >= 15 is 0 Å². The zero-order valence-corrected chi connectivity index (χ0v) is 13.3. The van der Waals surface area contributed by atoms with Crippen LogP contribution in [0.25, 0.3) is 0 Å². The Bertz CT molecular complexity index is 798. The van der Waals surface area contributed by atoms with E-state index in [2.05, 4.69) is 9.89 Å². The number of nitro benzene ring substituents is 1. The number of rotatable bonds is 5. The molecule has 9 nitrogen and oxygen atoms in total. The second kappa shape index (κ2) is 6.90. The quantitative estimate of drug-likeness (QED) is 0.466. The molecule has 0 spiro atoms. The highest BCUT2D eigenvalue weighted by molar-refractivity contribution is 5.98. The molecule has 1 amide bonds. The second-order valence-electron chi connectivity index (χ2n) is 5.11. The molecule has 2 aromatic rings. The molecule has 0 aliphatic carbocycles. The van der Waals surface area contributed by atoms with Gasteiger partial charge in [0.25, 0.3) is 11.6 Å². The van der Waals surface area contributed by atoms with Crippen molar-refractivity contribution < 1.29 is 23.8 Å². The molecule has 1 heterocycles. The summed E-state index contributed by atoms with van der Waals surface area (Å²) < 4.78 is 9.48. The molecule has 1 aromatic heterocycles. The summed E-state index contributed by atoms with van der Waals surface area (Å²) in [5, 5.41) is 14.8. The zero-order valence-electron chi connectivity index (χ0n) is 13.3. The molecular formula is C15H15N3O6. The lowest BCUT2D eigenvalue weighted by molar-refractivity contribution is -0.384. The van der Waals surface area contributed by atoms with Gasteiger partial charge in [-0.2, -0.15) is 0 Å². The number of ether oxygens (including phenoxy) is 1. The van der Waals surface area contributed by atoms with Crippen molar-refractivity contribution in [3.05, 3.63) is 57.0 Å². The van der Waals surface area contributed by atoms with E-state index in [1.807, 2.05) is 0 Å². The number of nitrogens with zero attached hydrogens (tertiary/aromatic N) is 3. The van der Waals surface area contributed by atoms with E-state index in [4.69, 9.17) is 4.52 Å². The van der Waals surface area contributed by atoms with E-state index in [1.54, 1.807) is 13.0 Å². The van der Waals surface area contributed by atoms with Gasteiger partial charge in [-0.05, 0) is 13.0 Å². The van der Waals surface area contributed by atoms with Crippen LogP contribution in [-0.2, 0) is 11.3 Å². The lowest BCUT2D eigenvalue weighted by Crippen LogP contribution is -2.26. The number of aromatic nitrogens is 1. The van der Waals surface area contributed by atoms with Crippen molar-refractivity contribution >= 4 is 17.6 Å². The molecule has 0 atom stereocenters. The van der Waals surface area contributed by atoms with Gasteiger partial charge in [-0.3, -0.25) is 14.9 Å². The third-order valence-electron chi connectivity index (χ3n) is 3.22. The second-order valence-corrected chi connectivity index (χ2v) is 5.11. The molecule has 126 valence electrons. The highest BCUT2D eigenvalue weighted by atomic mass is 16.6. The Labute approximate surface area is 136 Å². The Balaban J connectivity index is 2.31. The number of nitro groups is 1. The van der Waals surface area contributed by atoms with Crippen LogP contribution in [0.1, 0.15) is 32.2 Å². The van der Waals surface area contributed by atoms with Crippen LogP contribution in [0.3, 0.4) is 0 Å². The molecule has 0 aliphatic heterocycles. The Hall–Kier alpha value is -3.23. The number of carbonyl (C=O) groups excluding carboxylic acids is 2. The zero-order chi connectivity index (χ0) is 17.9. The highest BCUT2D eigenvalue weighted by Gasteiger charge is 2.21.